The third kappa shape index (κ3) is 3.30. The molecule has 5 nitrogen and oxygen atoms in total. The van der Waals surface area contributed by atoms with Crippen LogP contribution in [0.2, 0.25) is 5.02 Å². The number of nitrogens with two attached hydrogens (primary N) is 2. The highest BCUT2D eigenvalue weighted by molar-refractivity contribution is 6.34. The molecule has 0 fully saturated rings. The molecule has 3 aromatic rings. The third-order valence-electron chi connectivity index (χ3n) is 5.52. The van der Waals surface area contributed by atoms with Gasteiger partial charge in [-0.25, -0.2) is 8.78 Å². The predicted molar refractivity (Wildman–Crippen MR) is 113 cm³/mol. The van der Waals surface area contributed by atoms with Crippen LogP contribution in [0.4, 0.5) is 8.78 Å². The summed E-state index contributed by atoms with van der Waals surface area (Å²) in [6.45, 7) is -0.0387. The Labute approximate surface area is 182 Å². The first-order valence-corrected chi connectivity index (χ1v) is 9.83. The maximum atomic E-state index is 15.4. The van der Waals surface area contributed by atoms with Crippen LogP contribution in [0, 0.1) is 11.6 Å². The van der Waals surface area contributed by atoms with Gasteiger partial charge in [0.15, 0.2) is 17.2 Å². The second-order valence-corrected chi connectivity index (χ2v) is 7.63. The van der Waals surface area contributed by atoms with Crippen molar-refractivity contribution in [2.45, 2.75) is 12.0 Å². The van der Waals surface area contributed by atoms with Crippen molar-refractivity contribution >= 4 is 17.5 Å². The highest BCUT2D eigenvalue weighted by Crippen LogP contribution is 2.49. The van der Waals surface area contributed by atoms with E-state index in [4.69, 9.17) is 32.5 Å². The summed E-state index contributed by atoms with van der Waals surface area (Å²) in [5.41, 5.74) is 11.2. The van der Waals surface area contributed by atoms with Crippen LogP contribution in [-0.4, -0.2) is 19.6 Å². The topological polar surface area (TPSA) is 87.6 Å². The van der Waals surface area contributed by atoms with Gasteiger partial charge >= 0.3 is 0 Å². The van der Waals surface area contributed by atoms with Gasteiger partial charge in [-0.15, -0.1) is 0 Å². The van der Waals surface area contributed by atoms with E-state index in [0.29, 0.717) is 11.3 Å². The van der Waals surface area contributed by atoms with Gasteiger partial charge in [0.2, 0.25) is 5.91 Å². The highest BCUT2D eigenvalue weighted by atomic mass is 35.5. The van der Waals surface area contributed by atoms with Crippen LogP contribution in [0.3, 0.4) is 0 Å². The Hall–Kier alpha value is -3.16. The fourth-order valence-corrected chi connectivity index (χ4v) is 4.31. The molecule has 3 aromatic carbocycles. The monoisotopic (exact) mass is 444 g/mol. The lowest BCUT2D eigenvalue weighted by Crippen LogP contribution is -2.40. The molecule has 1 unspecified atom stereocenters. The molecule has 0 spiro atoms. The number of hydrogen-bond donors (Lipinski definition) is 2. The zero-order valence-corrected chi connectivity index (χ0v) is 17.3. The molecular weight excluding hydrogens is 426 g/mol. The molecule has 4 N–H and O–H groups in total. The lowest BCUT2D eigenvalue weighted by Gasteiger charge is -2.28. The number of benzene rings is 3. The lowest BCUT2D eigenvalue weighted by molar-refractivity contribution is 0.0983. The fraction of sp³-hybridized carbons (Fsp3) is 0.174. The van der Waals surface area contributed by atoms with E-state index >= 15 is 4.39 Å². The standard InChI is InChI=1S/C23H19ClF2N2O3/c1-30-18-8-6-12(22(28)29)20(21(18)26)19-13-10-23(11-27,14-4-2-3-5-16(14)25)31-17(13)9-7-15(19)24/h2-9H,10-11,27H2,1H3,(H2,28,29). The molecule has 1 aliphatic heterocycles. The normalized spacial score (nSPS) is 17.2. The summed E-state index contributed by atoms with van der Waals surface area (Å²) < 4.78 is 41.2. The van der Waals surface area contributed by atoms with Gasteiger partial charge in [-0.05, 0) is 30.3 Å². The number of fused-ring (bicyclic) bond motifs is 1. The van der Waals surface area contributed by atoms with Crippen molar-refractivity contribution in [3.05, 3.63) is 81.9 Å². The molecule has 0 saturated heterocycles. The summed E-state index contributed by atoms with van der Waals surface area (Å²) in [7, 11) is 1.31. The summed E-state index contributed by atoms with van der Waals surface area (Å²) in [6.07, 6.45) is 0.116. The number of hydrogen-bond acceptors (Lipinski definition) is 4. The van der Waals surface area contributed by atoms with Crippen LogP contribution in [0.25, 0.3) is 11.1 Å². The molecule has 1 amide bonds. The molecule has 31 heavy (non-hydrogen) atoms. The maximum Gasteiger partial charge on any atom is 0.249 e. The van der Waals surface area contributed by atoms with Gasteiger partial charge in [-0.1, -0.05) is 29.8 Å². The van der Waals surface area contributed by atoms with Gasteiger partial charge in [-0.2, -0.15) is 0 Å². The molecule has 1 atom stereocenters. The van der Waals surface area contributed by atoms with Crippen LogP contribution in [0.1, 0.15) is 21.5 Å². The summed E-state index contributed by atoms with van der Waals surface area (Å²) >= 11 is 6.48. The second kappa shape index (κ2) is 7.83. The molecule has 0 bridgehead atoms. The summed E-state index contributed by atoms with van der Waals surface area (Å²) in [6, 6.07) is 12.0. The number of ether oxygens (including phenoxy) is 2. The number of amides is 1. The van der Waals surface area contributed by atoms with Crippen LogP contribution in [-0.2, 0) is 12.0 Å². The van der Waals surface area contributed by atoms with Gasteiger partial charge in [0.25, 0.3) is 0 Å². The minimum Gasteiger partial charge on any atom is -0.494 e. The summed E-state index contributed by atoms with van der Waals surface area (Å²) in [4.78, 5) is 12.1. The Morgan fingerprint density at radius 1 is 1.16 bits per heavy atom. The SMILES string of the molecule is COc1ccc(C(N)=O)c(-c2c(Cl)ccc3c2CC(CN)(c2ccccc2F)O3)c1F. The Morgan fingerprint density at radius 2 is 1.90 bits per heavy atom. The van der Waals surface area contributed by atoms with Crippen molar-refractivity contribution in [1.82, 2.24) is 0 Å². The van der Waals surface area contributed by atoms with E-state index in [2.05, 4.69) is 0 Å². The number of rotatable bonds is 5. The van der Waals surface area contributed by atoms with E-state index in [9.17, 15) is 9.18 Å². The van der Waals surface area contributed by atoms with E-state index < -0.39 is 23.1 Å². The minimum atomic E-state index is -1.21. The van der Waals surface area contributed by atoms with Gasteiger partial charge < -0.3 is 20.9 Å². The van der Waals surface area contributed by atoms with E-state index in [1.807, 2.05) is 0 Å². The molecule has 4 rings (SSSR count). The largest absolute Gasteiger partial charge is 0.494 e. The first-order valence-electron chi connectivity index (χ1n) is 9.45. The Balaban J connectivity index is 1.97. The van der Waals surface area contributed by atoms with E-state index in [1.165, 1.54) is 31.4 Å². The average molecular weight is 445 g/mol. The van der Waals surface area contributed by atoms with E-state index in [0.717, 1.165) is 0 Å². The van der Waals surface area contributed by atoms with Crippen molar-refractivity contribution < 1.29 is 23.0 Å². The van der Waals surface area contributed by atoms with Crippen molar-refractivity contribution in [3.8, 4) is 22.6 Å². The highest BCUT2D eigenvalue weighted by Gasteiger charge is 2.44. The van der Waals surface area contributed by atoms with Gasteiger partial charge in [-0.3, -0.25) is 4.79 Å². The first kappa shape index (κ1) is 21.1. The first-order chi connectivity index (χ1) is 14.8. The van der Waals surface area contributed by atoms with Crippen molar-refractivity contribution in [2.75, 3.05) is 13.7 Å². The minimum absolute atomic E-state index is 0.0387. The molecule has 8 heteroatoms. The Bertz CT molecular complexity index is 1200. The number of halogens is 3. The molecule has 160 valence electrons. The Morgan fingerprint density at radius 3 is 2.55 bits per heavy atom. The predicted octanol–water partition coefficient (Wildman–Crippen LogP) is 4.18. The van der Waals surface area contributed by atoms with Gasteiger partial charge in [0, 0.05) is 40.2 Å². The maximum absolute atomic E-state index is 15.4. The van der Waals surface area contributed by atoms with Crippen LogP contribution < -0.4 is 20.9 Å². The van der Waals surface area contributed by atoms with Crippen molar-refractivity contribution in [2.24, 2.45) is 11.5 Å². The molecule has 0 aromatic heterocycles. The quantitative estimate of drug-likeness (QED) is 0.618. The third-order valence-corrected chi connectivity index (χ3v) is 5.84. The summed E-state index contributed by atoms with van der Waals surface area (Å²) in [5, 5.41) is 0.179. The molecule has 1 heterocycles. The molecule has 0 aliphatic carbocycles. The van der Waals surface area contributed by atoms with Crippen molar-refractivity contribution in [3.63, 3.8) is 0 Å². The van der Waals surface area contributed by atoms with Crippen LogP contribution in [0.5, 0.6) is 11.5 Å². The summed E-state index contributed by atoms with van der Waals surface area (Å²) in [5.74, 6) is -1.80. The Kier molecular flexibility index (Phi) is 5.33. The van der Waals surface area contributed by atoms with Gasteiger partial charge in [0.1, 0.15) is 11.6 Å². The lowest BCUT2D eigenvalue weighted by atomic mass is 9.85. The molecular formula is C23H19ClF2N2O3. The van der Waals surface area contributed by atoms with E-state index in [1.54, 1.807) is 24.3 Å². The smallest absolute Gasteiger partial charge is 0.249 e. The number of methoxy groups -OCH3 is 1. The second-order valence-electron chi connectivity index (χ2n) is 7.22. The number of carbonyl (C=O) groups is 1. The molecule has 0 saturated carbocycles. The van der Waals surface area contributed by atoms with Gasteiger partial charge in [0.05, 0.1) is 12.7 Å². The van der Waals surface area contributed by atoms with Crippen molar-refractivity contribution in [1.29, 1.82) is 0 Å². The zero-order valence-electron chi connectivity index (χ0n) is 16.5. The number of carbonyl (C=O) groups excluding carboxylic acids is 1. The van der Waals surface area contributed by atoms with Crippen LogP contribution >= 0.6 is 11.6 Å². The van der Waals surface area contributed by atoms with Crippen LogP contribution in [0.15, 0.2) is 48.5 Å². The average Bonchev–Trinajstić information content (AvgIpc) is 3.14. The number of primary amides is 1. The fourth-order valence-electron chi connectivity index (χ4n) is 4.04. The zero-order chi connectivity index (χ0) is 22.3. The molecule has 0 radical (unpaired) electrons. The molecule has 1 aliphatic rings. The van der Waals surface area contributed by atoms with E-state index in [-0.39, 0.29) is 46.0 Å².